The molecule has 7 nitrogen and oxygen atoms in total. The van der Waals surface area contributed by atoms with Gasteiger partial charge in [0, 0.05) is 5.69 Å². The number of carbonyl (C=O) groups excluding carboxylic acids is 2. The lowest BCUT2D eigenvalue weighted by molar-refractivity contribution is -0.119. The molecule has 0 saturated carbocycles. The van der Waals surface area contributed by atoms with Crippen molar-refractivity contribution in [3.63, 3.8) is 0 Å². The monoisotopic (exact) mass is 373 g/mol. The molecule has 1 amide bonds. The second-order valence-electron chi connectivity index (χ2n) is 5.38. The highest BCUT2D eigenvalue weighted by Gasteiger charge is 2.14. The highest BCUT2D eigenvalue weighted by atomic mass is 16.5. The van der Waals surface area contributed by atoms with E-state index >= 15 is 0 Å². The summed E-state index contributed by atoms with van der Waals surface area (Å²) < 4.78 is 21.0. The molecule has 1 N–H and O–H groups in total. The van der Waals surface area contributed by atoms with Gasteiger partial charge in [0.2, 0.25) is 0 Å². The van der Waals surface area contributed by atoms with Crippen LogP contribution in [-0.2, 0) is 9.53 Å². The molecule has 0 aliphatic heterocycles. The second kappa shape index (κ2) is 10.1. The quantitative estimate of drug-likeness (QED) is 0.679. The molecule has 0 atom stereocenters. The van der Waals surface area contributed by atoms with E-state index in [4.69, 9.17) is 18.9 Å². The lowest BCUT2D eigenvalue weighted by Crippen LogP contribution is -2.21. The van der Waals surface area contributed by atoms with Gasteiger partial charge in [0.15, 0.2) is 18.1 Å². The van der Waals surface area contributed by atoms with E-state index in [2.05, 4.69) is 5.32 Å². The minimum Gasteiger partial charge on any atom is -0.494 e. The molecule has 7 heteroatoms. The van der Waals surface area contributed by atoms with Crippen molar-refractivity contribution >= 4 is 17.6 Å². The predicted molar refractivity (Wildman–Crippen MR) is 101 cm³/mol. The van der Waals surface area contributed by atoms with Crippen molar-refractivity contribution in [2.75, 3.05) is 32.2 Å². The molecule has 0 unspecified atom stereocenters. The first kappa shape index (κ1) is 20.1. The predicted octanol–water partition coefficient (Wildman–Crippen LogP) is 3.29. The zero-order valence-corrected chi connectivity index (χ0v) is 15.6. The number of benzene rings is 2. The topological polar surface area (TPSA) is 83.1 Å². The number of esters is 1. The molecule has 0 spiro atoms. The van der Waals surface area contributed by atoms with Gasteiger partial charge in [-0.25, -0.2) is 4.79 Å². The number of hydrogen-bond donors (Lipinski definition) is 1. The molecule has 0 saturated heterocycles. The molecule has 2 rings (SSSR count). The van der Waals surface area contributed by atoms with Gasteiger partial charge < -0.3 is 24.3 Å². The maximum atomic E-state index is 12.1. The Morgan fingerprint density at radius 2 is 1.63 bits per heavy atom. The van der Waals surface area contributed by atoms with Crippen molar-refractivity contribution in [3.05, 3.63) is 48.0 Å². The summed E-state index contributed by atoms with van der Waals surface area (Å²) in [6.45, 7) is 4.39. The lowest BCUT2D eigenvalue weighted by atomic mass is 10.2. The van der Waals surface area contributed by atoms with Crippen LogP contribution in [0.25, 0.3) is 0 Å². The van der Waals surface area contributed by atoms with Crippen LogP contribution in [0.2, 0.25) is 0 Å². The van der Waals surface area contributed by atoms with E-state index in [-0.39, 0.29) is 5.56 Å². The smallest absolute Gasteiger partial charge is 0.338 e. The fourth-order valence-electron chi connectivity index (χ4n) is 2.28. The minimum atomic E-state index is -0.627. The molecule has 0 aliphatic rings. The Hall–Kier alpha value is -3.22. The van der Waals surface area contributed by atoms with Crippen molar-refractivity contribution in [2.24, 2.45) is 0 Å². The Morgan fingerprint density at radius 1 is 0.926 bits per heavy atom. The van der Waals surface area contributed by atoms with Crippen molar-refractivity contribution in [3.8, 4) is 17.2 Å². The van der Waals surface area contributed by atoms with E-state index < -0.39 is 18.5 Å². The Kier molecular flexibility index (Phi) is 7.49. The van der Waals surface area contributed by atoms with E-state index in [1.165, 1.54) is 13.2 Å². The normalized spacial score (nSPS) is 10.0. The fourth-order valence-corrected chi connectivity index (χ4v) is 2.28. The Labute approximate surface area is 158 Å². The number of methoxy groups -OCH3 is 1. The Bertz CT molecular complexity index is 773. The number of rotatable bonds is 9. The summed E-state index contributed by atoms with van der Waals surface area (Å²) in [5.74, 6) is 0.602. The number of hydrogen-bond acceptors (Lipinski definition) is 6. The molecule has 2 aromatic rings. The number of carbonyl (C=O) groups is 2. The highest BCUT2D eigenvalue weighted by Crippen LogP contribution is 2.28. The molecule has 2 aromatic carbocycles. The molecule has 27 heavy (non-hydrogen) atoms. The van der Waals surface area contributed by atoms with E-state index in [1.807, 2.05) is 13.8 Å². The van der Waals surface area contributed by atoms with Crippen LogP contribution >= 0.6 is 0 Å². The van der Waals surface area contributed by atoms with Crippen molar-refractivity contribution in [1.82, 2.24) is 0 Å². The van der Waals surface area contributed by atoms with E-state index in [1.54, 1.807) is 36.4 Å². The zero-order valence-electron chi connectivity index (χ0n) is 15.6. The van der Waals surface area contributed by atoms with Gasteiger partial charge in [-0.05, 0) is 56.3 Å². The molecular weight excluding hydrogens is 350 g/mol. The molecule has 0 radical (unpaired) electrons. The van der Waals surface area contributed by atoms with Crippen LogP contribution in [0.15, 0.2) is 42.5 Å². The molecule has 144 valence electrons. The zero-order chi connectivity index (χ0) is 19.6. The summed E-state index contributed by atoms with van der Waals surface area (Å²) in [6.07, 6.45) is 0. The van der Waals surface area contributed by atoms with E-state index in [9.17, 15) is 9.59 Å². The molecule has 0 aromatic heterocycles. The molecular formula is C20H23NO6. The first-order valence-corrected chi connectivity index (χ1v) is 8.58. The van der Waals surface area contributed by atoms with Gasteiger partial charge in [-0.15, -0.1) is 0 Å². The van der Waals surface area contributed by atoms with Gasteiger partial charge in [-0.2, -0.15) is 0 Å². The van der Waals surface area contributed by atoms with Gasteiger partial charge in [0.25, 0.3) is 5.91 Å². The van der Waals surface area contributed by atoms with Crippen LogP contribution in [0.1, 0.15) is 24.2 Å². The number of ether oxygens (including phenoxy) is 4. The van der Waals surface area contributed by atoms with Crippen LogP contribution in [-0.4, -0.2) is 38.8 Å². The number of nitrogens with one attached hydrogen (secondary N) is 1. The number of anilines is 1. The van der Waals surface area contributed by atoms with Gasteiger partial charge in [0.1, 0.15) is 5.75 Å². The third kappa shape index (κ3) is 5.91. The van der Waals surface area contributed by atoms with Crippen LogP contribution in [0.5, 0.6) is 17.2 Å². The van der Waals surface area contributed by atoms with Crippen molar-refractivity contribution in [1.29, 1.82) is 0 Å². The second-order valence-corrected chi connectivity index (χ2v) is 5.38. The summed E-state index contributed by atoms with van der Waals surface area (Å²) in [5, 5.41) is 2.65. The van der Waals surface area contributed by atoms with Gasteiger partial charge in [-0.1, -0.05) is 0 Å². The Morgan fingerprint density at radius 3 is 2.26 bits per heavy atom. The highest BCUT2D eigenvalue weighted by molar-refractivity contribution is 5.95. The third-order valence-corrected chi connectivity index (χ3v) is 3.48. The standard InChI is InChI=1S/C20H23NO6/c1-4-25-16-9-7-15(8-10-16)21-19(22)13-27-20(23)14-6-11-17(26-5-2)18(12-14)24-3/h6-12H,4-5,13H2,1-3H3,(H,21,22). The maximum Gasteiger partial charge on any atom is 0.338 e. The van der Waals surface area contributed by atoms with Crippen LogP contribution in [0, 0.1) is 0 Å². The van der Waals surface area contributed by atoms with Crippen LogP contribution in [0.3, 0.4) is 0 Å². The summed E-state index contributed by atoms with van der Waals surface area (Å²) >= 11 is 0. The maximum absolute atomic E-state index is 12.1. The van der Waals surface area contributed by atoms with Crippen molar-refractivity contribution < 1.29 is 28.5 Å². The average Bonchev–Trinajstić information content (AvgIpc) is 2.68. The van der Waals surface area contributed by atoms with Gasteiger partial charge >= 0.3 is 5.97 Å². The molecule has 0 bridgehead atoms. The first-order chi connectivity index (χ1) is 13.1. The third-order valence-electron chi connectivity index (χ3n) is 3.48. The van der Waals surface area contributed by atoms with Crippen LogP contribution in [0.4, 0.5) is 5.69 Å². The average molecular weight is 373 g/mol. The summed E-state index contributed by atoms with van der Waals surface area (Å²) in [6, 6.07) is 11.6. The van der Waals surface area contributed by atoms with Gasteiger partial charge in [0.05, 0.1) is 25.9 Å². The summed E-state index contributed by atoms with van der Waals surface area (Å²) in [5.41, 5.74) is 0.853. The molecule has 0 aliphatic carbocycles. The number of amides is 1. The van der Waals surface area contributed by atoms with Crippen LogP contribution < -0.4 is 19.5 Å². The van der Waals surface area contributed by atoms with E-state index in [0.29, 0.717) is 36.1 Å². The largest absolute Gasteiger partial charge is 0.494 e. The van der Waals surface area contributed by atoms with E-state index in [0.717, 1.165) is 0 Å². The fraction of sp³-hybridized carbons (Fsp3) is 0.300. The summed E-state index contributed by atoms with van der Waals surface area (Å²) in [7, 11) is 1.48. The Balaban J connectivity index is 1.89. The molecule has 0 heterocycles. The molecule has 0 fully saturated rings. The summed E-state index contributed by atoms with van der Waals surface area (Å²) in [4.78, 5) is 24.1. The van der Waals surface area contributed by atoms with Crippen molar-refractivity contribution in [2.45, 2.75) is 13.8 Å². The lowest BCUT2D eigenvalue weighted by Gasteiger charge is -2.11. The SMILES string of the molecule is CCOc1ccc(NC(=O)COC(=O)c2ccc(OCC)c(OC)c2)cc1. The minimum absolute atomic E-state index is 0.268. The first-order valence-electron chi connectivity index (χ1n) is 8.58. The van der Waals surface area contributed by atoms with Gasteiger partial charge in [-0.3, -0.25) is 4.79 Å².